The first kappa shape index (κ1) is 10.9. The lowest BCUT2D eigenvalue weighted by molar-refractivity contribution is 0.188. The molecule has 0 bridgehead atoms. The topological polar surface area (TPSA) is 105 Å². The Balaban J connectivity index is 2.19. The Morgan fingerprint density at radius 3 is 2.75 bits per heavy atom. The van der Waals surface area contributed by atoms with Gasteiger partial charge in [-0.05, 0) is 18.9 Å². The van der Waals surface area contributed by atoms with E-state index in [4.69, 9.17) is 15.7 Å². The second-order valence-electron chi connectivity index (χ2n) is 3.70. The van der Waals surface area contributed by atoms with Crippen LogP contribution in [0.1, 0.15) is 23.3 Å². The molecular weight excluding hydrogens is 230 g/mol. The smallest absolute Gasteiger partial charge is 0.405 e. The van der Waals surface area contributed by atoms with Crippen LogP contribution in [0.3, 0.4) is 0 Å². The van der Waals surface area contributed by atoms with Gasteiger partial charge in [-0.25, -0.2) is 4.79 Å². The molecule has 1 heterocycles. The van der Waals surface area contributed by atoms with Gasteiger partial charge in [-0.3, -0.25) is 16.1 Å². The van der Waals surface area contributed by atoms with Gasteiger partial charge >= 0.3 is 6.09 Å². The summed E-state index contributed by atoms with van der Waals surface area (Å²) in [5.41, 5.74) is 1.85. The van der Waals surface area contributed by atoms with Crippen LogP contribution in [0.5, 0.6) is 0 Å². The van der Waals surface area contributed by atoms with Gasteiger partial charge in [-0.15, -0.1) is 11.3 Å². The molecule has 1 saturated carbocycles. The molecule has 1 aromatic heterocycles. The van der Waals surface area contributed by atoms with Gasteiger partial charge in [-0.1, -0.05) is 0 Å². The van der Waals surface area contributed by atoms with Crippen molar-refractivity contribution in [2.75, 3.05) is 0 Å². The number of carboxylic acid groups (broad SMARTS) is 1. The number of amidine groups is 1. The summed E-state index contributed by atoms with van der Waals surface area (Å²) in [6.07, 6.45) is 0.515. The Bertz CT molecular complexity index is 439. The number of nitrogens with one attached hydrogen (secondary N) is 3. The van der Waals surface area contributed by atoms with Crippen LogP contribution in [0, 0.1) is 5.41 Å². The summed E-state index contributed by atoms with van der Waals surface area (Å²) in [5, 5.41) is 28.9. The Kier molecular flexibility index (Phi) is 2.56. The molecule has 7 heteroatoms. The highest BCUT2D eigenvalue weighted by molar-refractivity contribution is 7.10. The maximum absolute atomic E-state index is 10.6. The van der Waals surface area contributed by atoms with Crippen molar-refractivity contribution in [3.8, 4) is 0 Å². The van der Waals surface area contributed by atoms with Crippen LogP contribution < -0.4 is 10.8 Å². The fourth-order valence-corrected chi connectivity index (χ4v) is 2.66. The molecule has 0 unspecified atom stereocenters. The molecule has 5 N–H and O–H groups in total. The molecule has 1 aliphatic rings. The molecule has 16 heavy (non-hydrogen) atoms. The van der Waals surface area contributed by atoms with Gasteiger partial charge in [0, 0.05) is 15.8 Å². The zero-order valence-electron chi connectivity index (χ0n) is 8.28. The number of rotatable bonds is 3. The van der Waals surface area contributed by atoms with Gasteiger partial charge in [0.2, 0.25) is 0 Å². The van der Waals surface area contributed by atoms with E-state index in [1.165, 1.54) is 11.3 Å². The largest absolute Gasteiger partial charge is 0.465 e. The van der Waals surface area contributed by atoms with Crippen molar-refractivity contribution in [2.24, 2.45) is 0 Å². The molecule has 1 aromatic rings. The third-order valence-electron chi connectivity index (χ3n) is 2.57. The van der Waals surface area contributed by atoms with E-state index >= 15 is 0 Å². The van der Waals surface area contributed by atoms with Gasteiger partial charge in [0.15, 0.2) is 0 Å². The average Bonchev–Trinajstić information content (AvgIpc) is 2.82. The molecule has 6 nitrogen and oxygen atoms in total. The molecular formula is C9H11N3O3S. The zero-order chi connectivity index (χ0) is 11.8. The number of thiophene rings is 1. The van der Waals surface area contributed by atoms with Gasteiger partial charge in [-0.2, -0.15) is 0 Å². The van der Waals surface area contributed by atoms with Crippen molar-refractivity contribution in [1.29, 1.82) is 5.41 Å². The summed E-state index contributed by atoms with van der Waals surface area (Å²) in [6, 6.07) is 1.72. The second kappa shape index (κ2) is 3.76. The highest BCUT2D eigenvalue weighted by Crippen LogP contribution is 2.47. The van der Waals surface area contributed by atoms with E-state index in [1.807, 2.05) is 0 Å². The van der Waals surface area contributed by atoms with Gasteiger partial charge < -0.3 is 10.4 Å². The third-order valence-corrected chi connectivity index (χ3v) is 3.70. The van der Waals surface area contributed by atoms with Crippen molar-refractivity contribution in [1.82, 2.24) is 10.8 Å². The summed E-state index contributed by atoms with van der Waals surface area (Å²) >= 11 is 1.39. The molecule has 1 fully saturated rings. The molecule has 0 radical (unpaired) electrons. The zero-order valence-corrected chi connectivity index (χ0v) is 9.10. The predicted molar refractivity (Wildman–Crippen MR) is 58.1 cm³/mol. The van der Waals surface area contributed by atoms with E-state index in [2.05, 4.69) is 5.32 Å². The fraction of sp³-hybridized carbons (Fsp3) is 0.333. The van der Waals surface area contributed by atoms with Gasteiger partial charge in [0.25, 0.3) is 0 Å². The van der Waals surface area contributed by atoms with E-state index in [-0.39, 0.29) is 5.84 Å². The Morgan fingerprint density at radius 1 is 1.56 bits per heavy atom. The Hall–Kier alpha value is -1.60. The molecule has 2 rings (SSSR count). The minimum atomic E-state index is -1.04. The molecule has 0 saturated heterocycles. The normalized spacial score (nSPS) is 16.6. The number of hydroxylamine groups is 1. The third kappa shape index (κ3) is 1.86. The standard InChI is InChI=1S/C9H11N3O3S/c10-7(12-15)5-3-6(16-4-5)9(1-2-9)11-8(13)14/h3-4,11,15H,1-2H2,(H2,10,12)(H,13,14). The fourth-order valence-electron chi connectivity index (χ4n) is 1.55. The van der Waals surface area contributed by atoms with Crippen LogP contribution in [-0.4, -0.2) is 22.2 Å². The molecule has 0 spiro atoms. The monoisotopic (exact) mass is 241 g/mol. The first-order valence-corrected chi connectivity index (χ1v) is 5.54. The number of carbonyl (C=O) groups is 1. The first-order valence-electron chi connectivity index (χ1n) is 4.66. The molecule has 1 amide bonds. The minimum Gasteiger partial charge on any atom is -0.465 e. The van der Waals surface area contributed by atoms with Crippen LogP contribution >= 0.6 is 11.3 Å². The van der Waals surface area contributed by atoms with Gasteiger partial charge in [0.1, 0.15) is 5.84 Å². The van der Waals surface area contributed by atoms with E-state index in [9.17, 15) is 4.79 Å². The highest BCUT2D eigenvalue weighted by Gasteiger charge is 2.47. The quantitative estimate of drug-likeness (QED) is 0.312. The predicted octanol–water partition coefficient (Wildman–Crippen LogP) is 1.31. The van der Waals surface area contributed by atoms with E-state index < -0.39 is 11.6 Å². The van der Waals surface area contributed by atoms with Crippen molar-refractivity contribution in [3.63, 3.8) is 0 Å². The maximum Gasteiger partial charge on any atom is 0.405 e. The Labute approximate surface area is 95.4 Å². The van der Waals surface area contributed by atoms with Crippen LogP contribution in [-0.2, 0) is 5.54 Å². The van der Waals surface area contributed by atoms with E-state index in [0.29, 0.717) is 5.56 Å². The summed E-state index contributed by atoms with van der Waals surface area (Å²) in [5.74, 6) is -0.0892. The van der Waals surface area contributed by atoms with Gasteiger partial charge in [0.05, 0.1) is 5.54 Å². The van der Waals surface area contributed by atoms with Crippen molar-refractivity contribution >= 4 is 23.3 Å². The number of amides is 1. The summed E-state index contributed by atoms with van der Waals surface area (Å²) in [6.45, 7) is 0. The lowest BCUT2D eigenvalue weighted by Crippen LogP contribution is -2.32. The lowest BCUT2D eigenvalue weighted by Gasteiger charge is -2.12. The molecule has 0 atom stereocenters. The van der Waals surface area contributed by atoms with Crippen LogP contribution in [0.25, 0.3) is 0 Å². The van der Waals surface area contributed by atoms with Crippen LogP contribution in [0.15, 0.2) is 11.4 Å². The summed E-state index contributed by atoms with van der Waals surface area (Å²) in [4.78, 5) is 11.5. The first-order chi connectivity index (χ1) is 7.57. The van der Waals surface area contributed by atoms with Crippen molar-refractivity contribution < 1.29 is 15.1 Å². The van der Waals surface area contributed by atoms with Crippen LogP contribution in [0.4, 0.5) is 4.79 Å². The molecule has 86 valence electrons. The SMILES string of the molecule is N=C(NO)c1csc(C2(NC(=O)O)CC2)c1. The number of hydrogen-bond acceptors (Lipinski definition) is 4. The minimum absolute atomic E-state index is 0.0892. The molecule has 0 aromatic carbocycles. The van der Waals surface area contributed by atoms with E-state index in [1.54, 1.807) is 16.9 Å². The van der Waals surface area contributed by atoms with Crippen LogP contribution in [0.2, 0.25) is 0 Å². The summed E-state index contributed by atoms with van der Waals surface area (Å²) < 4.78 is 0. The molecule has 1 aliphatic carbocycles. The number of hydrogen-bond donors (Lipinski definition) is 5. The summed E-state index contributed by atoms with van der Waals surface area (Å²) in [7, 11) is 0. The Morgan fingerprint density at radius 2 is 2.25 bits per heavy atom. The maximum atomic E-state index is 10.6. The lowest BCUT2D eigenvalue weighted by atomic mass is 10.2. The van der Waals surface area contributed by atoms with Crippen molar-refractivity contribution in [2.45, 2.75) is 18.4 Å². The second-order valence-corrected chi connectivity index (χ2v) is 4.61. The average molecular weight is 241 g/mol. The highest BCUT2D eigenvalue weighted by atomic mass is 32.1. The van der Waals surface area contributed by atoms with E-state index in [0.717, 1.165) is 17.7 Å². The van der Waals surface area contributed by atoms with Crippen molar-refractivity contribution in [3.05, 3.63) is 21.9 Å². The molecule has 0 aliphatic heterocycles.